The number of ether oxygens (including phenoxy) is 1. The van der Waals surface area contributed by atoms with Crippen molar-refractivity contribution in [3.05, 3.63) is 29.8 Å². The number of para-hydroxylation sites is 1. The number of thioether (sulfide) groups is 1. The average Bonchev–Trinajstić information content (AvgIpc) is 2.87. The summed E-state index contributed by atoms with van der Waals surface area (Å²) in [6.45, 7) is 0. The van der Waals surface area contributed by atoms with Gasteiger partial charge in [-0.3, -0.25) is 4.79 Å². The van der Waals surface area contributed by atoms with Gasteiger partial charge in [0.25, 0.3) is 5.91 Å². The fraction of sp³-hybridized carbons (Fsp3) is 0.333. The molecule has 0 spiro atoms. The molecule has 0 aliphatic carbocycles. The third kappa shape index (κ3) is 2.28. The topological polar surface area (TPSA) is 66.8 Å². The molecule has 2 rings (SSSR count). The summed E-state index contributed by atoms with van der Waals surface area (Å²) < 4.78 is 5.12. The smallest absolute Gasteiger partial charge is 0.327 e. The van der Waals surface area contributed by atoms with Gasteiger partial charge in [-0.05, 0) is 12.1 Å². The fourth-order valence-electron chi connectivity index (χ4n) is 1.82. The number of aliphatic carboxylic acids is 1. The number of amides is 1. The maximum atomic E-state index is 12.3. The van der Waals surface area contributed by atoms with Crippen molar-refractivity contribution in [2.75, 3.05) is 18.7 Å². The highest BCUT2D eigenvalue weighted by molar-refractivity contribution is 7.99. The molecule has 1 N–H and O–H groups in total. The molecule has 1 saturated heterocycles. The van der Waals surface area contributed by atoms with Crippen LogP contribution in [0.5, 0.6) is 5.75 Å². The van der Waals surface area contributed by atoms with Crippen molar-refractivity contribution in [1.29, 1.82) is 0 Å². The van der Waals surface area contributed by atoms with Crippen LogP contribution in [0.1, 0.15) is 10.4 Å². The predicted molar refractivity (Wildman–Crippen MR) is 67.9 cm³/mol. The Hall–Kier alpha value is -1.69. The van der Waals surface area contributed by atoms with E-state index in [0.717, 1.165) is 0 Å². The van der Waals surface area contributed by atoms with Crippen molar-refractivity contribution >= 4 is 23.6 Å². The highest BCUT2D eigenvalue weighted by Gasteiger charge is 2.35. The lowest BCUT2D eigenvalue weighted by Gasteiger charge is -2.21. The Morgan fingerprint density at radius 2 is 2.17 bits per heavy atom. The zero-order valence-electron chi connectivity index (χ0n) is 9.83. The van der Waals surface area contributed by atoms with Gasteiger partial charge in [0, 0.05) is 5.75 Å². The van der Waals surface area contributed by atoms with E-state index >= 15 is 0 Å². The van der Waals surface area contributed by atoms with Crippen LogP contribution in [0.3, 0.4) is 0 Å². The van der Waals surface area contributed by atoms with Crippen LogP contribution in [0, 0.1) is 0 Å². The Morgan fingerprint density at radius 3 is 2.83 bits per heavy atom. The summed E-state index contributed by atoms with van der Waals surface area (Å²) in [5.74, 6) is 0.0148. The van der Waals surface area contributed by atoms with E-state index in [4.69, 9.17) is 9.84 Å². The van der Waals surface area contributed by atoms with Crippen LogP contribution >= 0.6 is 11.8 Å². The minimum absolute atomic E-state index is 0.301. The Labute approximate surface area is 109 Å². The van der Waals surface area contributed by atoms with Gasteiger partial charge in [-0.15, -0.1) is 11.8 Å². The second-order valence-electron chi connectivity index (χ2n) is 3.83. The number of carboxylic acids is 1. The van der Waals surface area contributed by atoms with Gasteiger partial charge in [0.1, 0.15) is 11.8 Å². The van der Waals surface area contributed by atoms with Crippen LogP contribution < -0.4 is 4.74 Å². The van der Waals surface area contributed by atoms with E-state index in [1.807, 2.05) is 0 Å². The Kier molecular flexibility index (Phi) is 3.76. The summed E-state index contributed by atoms with van der Waals surface area (Å²) in [7, 11) is 1.49. The summed E-state index contributed by atoms with van der Waals surface area (Å²) in [6.07, 6.45) is 0. The molecule has 96 valence electrons. The lowest BCUT2D eigenvalue weighted by molar-refractivity contribution is -0.140. The minimum Gasteiger partial charge on any atom is -0.496 e. The number of rotatable bonds is 3. The largest absolute Gasteiger partial charge is 0.496 e. The Morgan fingerprint density at radius 1 is 1.44 bits per heavy atom. The molecule has 0 bridgehead atoms. The Balaban J connectivity index is 2.28. The van der Waals surface area contributed by atoms with Crippen molar-refractivity contribution in [3.8, 4) is 5.75 Å². The van der Waals surface area contributed by atoms with E-state index in [2.05, 4.69) is 0 Å². The van der Waals surface area contributed by atoms with Gasteiger partial charge >= 0.3 is 5.97 Å². The molecular formula is C12H13NO4S. The Bertz CT molecular complexity index is 477. The first kappa shape index (κ1) is 12.8. The maximum Gasteiger partial charge on any atom is 0.327 e. The van der Waals surface area contributed by atoms with Gasteiger partial charge in [0.2, 0.25) is 0 Å². The highest BCUT2D eigenvalue weighted by atomic mass is 32.2. The van der Waals surface area contributed by atoms with Crippen molar-refractivity contribution in [2.45, 2.75) is 6.04 Å². The van der Waals surface area contributed by atoms with Crippen molar-refractivity contribution < 1.29 is 19.4 Å². The third-order valence-corrected chi connectivity index (χ3v) is 3.78. The van der Waals surface area contributed by atoms with E-state index in [-0.39, 0.29) is 5.91 Å². The van der Waals surface area contributed by atoms with Crippen LogP contribution in [-0.2, 0) is 4.79 Å². The third-order valence-electron chi connectivity index (χ3n) is 2.77. The normalized spacial score (nSPS) is 18.7. The quantitative estimate of drug-likeness (QED) is 0.894. The molecule has 0 radical (unpaired) electrons. The van der Waals surface area contributed by atoms with Crippen molar-refractivity contribution in [2.24, 2.45) is 0 Å². The zero-order valence-corrected chi connectivity index (χ0v) is 10.6. The van der Waals surface area contributed by atoms with Crippen LogP contribution in [-0.4, -0.2) is 46.7 Å². The lowest BCUT2D eigenvalue weighted by atomic mass is 10.1. The molecule has 18 heavy (non-hydrogen) atoms. The van der Waals surface area contributed by atoms with Gasteiger partial charge in [-0.1, -0.05) is 12.1 Å². The number of hydrogen-bond donors (Lipinski definition) is 1. The summed E-state index contributed by atoms with van der Waals surface area (Å²) in [6, 6.07) is 6.07. The standard InChI is InChI=1S/C12H13NO4S/c1-17-10-5-3-2-4-8(10)11(14)13-7-18-6-9(13)12(15)16/h2-5,9H,6-7H2,1H3,(H,15,16). The second kappa shape index (κ2) is 5.30. The number of benzene rings is 1. The van der Waals surface area contributed by atoms with Gasteiger partial charge in [0.05, 0.1) is 18.6 Å². The lowest BCUT2D eigenvalue weighted by Crippen LogP contribution is -2.41. The molecule has 1 unspecified atom stereocenters. The predicted octanol–water partition coefficient (Wildman–Crippen LogP) is 1.29. The summed E-state index contributed by atoms with van der Waals surface area (Å²) in [4.78, 5) is 24.7. The first-order chi connectivity index (χ1) is 8.65. The minimum atomic E-state index is -0.969. The molecule has 1 atom stereocenters. The van der Waals surface area contributed by atoms with Gasteiger partial charge in [-0.2, -0.15) is 0 Å². The number of carboxylic acid groups (broad SMARTS) is 1. The first-order valence-corrected chi connectivity index (χ1v) is 6.55. The monoisotopic (exact) mass is 267 g/mol. The van der Waals surface area contributed by atoms with E-state index in [1.165, 1.54) is 23.8 Å². The molecule has 0 saturated carbocycles. The van der Waals surface area contributed by atoms with Gasteiger partial charge in [0.15, 0.2) is 0 Å². The summed E-state index contributed by atoms with van der Waals surface area (Å²) in [5, 5.41) is 9.07. The molecule has 6 heteroatoms. The molecule has 1 aliphatic heterocycles. The van der Waals surface area contributed by atoms with Crippen LogP contribution in [0.2, 0.25) is 0 Å². The van der Waals surface area contributed by atoms with Crippen LogP contribution in [0.4, 0.5) is 0 Å². The summed E-state index contributed by atoms with van der Waals surface area (Å²) >= 11 is 1.44. The number of nitrogens with zero attached hydrogens (tertiary/aromatic N) is 1. The highest BCUT2D eigenvalue weighted by Crippen LogP contribution is 2.26. The molecular weight excluding hydrogens is 254 g/mol. The van der Waals surface area contributed by atoms with Gasteiger partial charge in [-0.25, -0.2) is 4.79 Å². The number of methoxy groups -OCH3 is 1. The fourth-order valence-corrected chi connectivity index (χ4v) is 2.97. The molecule has 5 nitrogen and oxygen atoms in total. The van der Waals surface area contributed by atoms with E-state index in [0.29, 0.717) is 22.9 Å². The van der Waals surface area contributed by atoms with Crippen molar-refractivity contribution in [3.63, 3.8) is 0 Å². The molecule has 0 aromatic heterocycles. The average molecular weight is 267 g/mol. The number of carbonyl (C=O) groups is 2. The number of carbonyl (C=O) groups excluding carboxylic acids is 1. The van der Waals surface area contributed by atoms with E-state index in [9.17, 15) is 9.59 Å². The number of hydrogen-bond acceptors (Lipinski definition) is 4. The van der Waals surface area contributed by atoms with E-state index < -0.39 is 12.0 Å². The summed E-state index contributed by atoms with van der Waals surface area (Å²) in [5.41, 5.74) is 0.397. The molecule has 1 amide bonds. The molecule has 1 aromatic carbocycles. The second-order valence-corrected chi connectivity index (χ2v) is 4.83. The molecule has 1 fully saturated rings. The molecule has 1 aromatic rings. The maximum absolute atomic E-state index is 12.3. The van der Waals surface area contributed by atoms with E-state index in [1.54, 1.807) is 24.3 Å². The zero-order chi connectivity index (χ0) is 13.1. The first-order valence-electron chi connectivity index (χ1n) is 5.39. The van der Waals surface area contributed by atoms with Crippen LogP contribution in [0.25, 0.3) is 0 Å². The molecule has 1 heterocycles. The van der Waals surface area contributed by atoms with Gasteiger partial charge < -0.3 is 14.7 Å². The molecule has 1 aliphatic rings. The SMILES string of the molecule is COc1ccccc1C(=O)N1CSCC1C(=O)O. The van der Waals surface area contributed by atoms with Crippen molar-refractivity contribution in [1.82, 2.24) is 4.90 Å². The van der Waals surface area contributed by atoms with Crippen LogP contribution in [0.15, 0.2) is 24.3 Å².